The van der Waals surface area contributed by atoms with Crippen molar-refractivity contribution in [1.29, 1.82) is 0 Å². The van der Waals surface area contributed by atoms with Gasteiger partial charge in [0, 0.05) is 0 Å². The van der Waals surface area contributed by atoms with Crippen LogP contribution in [0.2, 0.25) is 0 Å². The van der Waals surface area contributed by atoms with Crippen molar-refractivity contribution < 1.29 is 28.5 Å². The van der Waals surface area contributed by atoms with E-state index >= 15 is 0 Å². The number of hydrogen-bond acceptors (Lipinski definition) is 6. The van der Waals surface area contributed by atoms with Gasteiger partial charge in [-0.2, -0.15) is 0 Å². The first kappa shape index (κ1) is 17.3. The highest BCUT2D eigenvalue weighted by Gasteiger charge is 2.56. The second-order valence-electron chi connectivity index (χ2n) is 8.66. The van der Waals surface area contributed by atoms with Crippen LogP contribution in [-0.4, -0.2) is 48.6 Å². The molecule has 0 aromatic carbocycles. The summed E-state index contributed by atoms with van der Waals surface area (Å²) in [6.07, 6.45) is 6.29. The van der Waals surface area contributed by atoms with Crippen LogP contribution in [0.1, 0.15) is 58.8 Å². The van der Waals surface area contributed by atoms with Crippen LogP contribution in [0.5, 0.6) is 0 Å². The largest absolute Gasteiger partial charge is 0.465 e. The molecule has 0 amide bonds. The summed E-state index contributed by atoms with van der Waals surface area (Å²) in [6.45, 7) is 5.03. The number of carbonyl (C=O) groups excluding carboxylic acids is 2. The van der Waals surface area contributed by atoms with Crippen molar-refractivity contribution in [3.63, 3.8) is 0 Å². The van der Waals surface area contributed by atoms with E-state index in [0.29, 0.717) is 37.3 Å². The molecule has 0 aromatic heterocycles. The van der Waals surface area contributed by atoms with E-state index in [9.17, 15) is 9.59 Å². The van der Waals surface area contributed by atoms with Crippen molar-refractivity contribution >= 4 is 11.9 Å². The molecule has 6 atom stereocenters. The molecule has 2 heterocycles. The molecule has 2 saturated heterocycles. The number of epoxide rings is 2. The van der Waals surface area contributed by atoms with Gasteiger partial charge in [0.2, 0.25) is 0 Å². The lowest BCUT2D eigenvalue weighted by Crippen LogP contribution is -2.27. The lowest BCUT2D eigenvalue weighted by molar-refractivity contribution is -0.156. The predicted molar refractivity (Wildman–Crippen MR) is 87.8 cm³/mol. The Morgan fingerprint density at radius 2 is 1.32 bits per heavy atom. The lowest BCUT2D eigenvalue weighted by Gasteiger charge is -2.22. The van der Waals surface area contributed by atoms with E-state index in [1.165, 1.54) is 0 Å². The second kappa shape index (κ2) is 6.23. The van der Waals surface area contributed by atoms with E-state index in [1.54, 1.807) is 0 Å². The van der Waals surface area contributed by atoms with Gasteiger partial charge in [0.1, 0.15) is 6.42 Å². The van der Waals surface area contributed by atoms with Crippen LogP contribution in [-0.2, 0) is 28.5 Å². The molecule has 0 aromatic rings. The molecule has 4 rings (SSSR count). The van der Waals surface area contributed by atoms with Gasteiger partial charge in [-0.3, -0.25) is 9.59 Å². The van der Waals surface area contributed by atoms with Crippen LogP contribution >= 0.6 is 0 Å². The molecule has 2 aliphatic heterocycles. The first-order chi connectivity index (χ1) is 11.9. The highest BCUT2D eigenvalue weighted by molar-refractivity contribution is 5.91. The summed E-state index contributed by atoms with van der Waals surface area (Å²) >= 11 is 0. The van der Waals surface area contributed by atoms with Crippen LogP contribution < -0.4 is 0 Å². The minimum absolute atomic E-state index is 0.0758. The van der Waals surface area contributed by atoms with Crippen molar-refractivity contribution in [3.8, 4) is 0 Å². The van der Waals surface area contributed by atoms with Gasteiger partial charge in [0.25, 0.3) is 0 Å². The molecule has 25 heavy (non-hydrogen) atoms. The average molecular weight is 352 g/mol. The fraction of sp³-hybridized carbons (Fsp3) is 0.895. The average Bonchev–Trinajstić information content (AvgIpc) is 3.43. The van der Waals surface area contributed by atoms with E-state index in [4.69, 9.17) is 18.9 Å². The Morgan fingerprint density at radius 1 is 0.880 bits per heavy atom. The molecule has 6 nitrogen and oxygen atoms in total. The van der Waals surface area contributed by atoms with Gasteiger partial charge in [-0.1, -0.05) is 0 Å². The third-order valence-corrected chi connectivity index (χ3v) is 6.51. The standard InChI is InChI=1S/C19H28O6/c1-18-5-3-12(7-14(18)24-18)10-22-16(20)9-17(21)23-11-13-4-6-19(2)15(8-13)25-19/h12-15H,3-11H2,1-2H3/t12-,13?,14?,15?,18?,19?/m0/s1. The van der Waals surface area contributed by atoms with Crippen molar-refractivity contribution in [3.05, 3.63) is 0 Å². The normalized spacial score (nSPS) is 44.2. The maximum atomic E-state index is 11.8. The Kier molecular flexibility index (Phi) is 4.31. The topological polar surface area (TPSA) is 77.7 Å². The van der Waals surface area contributed by atoms with E-state index in [2.05, 4.69) is 13.8 Å². The number of fused-ring (bicyclic) bond motifs is 2. The quantitative estimate of drug-likeness (QED) is 0.415. The zero-order valence-electron chi connectivity index (χ0n) is 15.1. The van der Waals surface area contributed by atoms with Crippen LogP contribution in [0, 0.1) is 11.8 Å². The van der Waals surface area contributed by atoms with Gasteiger partial charge >= 0.3 is 11.9 Å². The van der Waals surface area contributed by atoms with Crippen LogP contribution in [0.25, 0.3) is 0 Å². The number of esters is 2. The van der Waals surface area contributed by atoms with Crippen molar-refractivity contribution in [2.45, 2.75) is 82.2 Å². The first-order valence-electron chi connectivity index (χ1n) is 9.53. The van der Waals surface area contributed by atoms with E-state index < -0.39 is 11.9 Å². The summed E-state index contributed by atoms with van der Waals surface area (Å²) < 4.78 is 21.8. The van der Waals surface area contributed by atoms with Crippen molar-refractivity contribution in [2.24, 2.45) is 11.8 Å². The third kappa shape index (κ3) is 3.85. The van der Waals surface area contributed by atoms with Crippen LogP contribution in [0.3, 0.4) is 0 Å². The summed E-state index contributed by atoms with van der Waals surface area (Å²) in [5.41, 5.74) is 0.152. The molecule has 4 fully saturated rings. The molecular weight excluding hydrogens is 324 g/mol. The predicted octanol–water partition coefficient (Wildman–Crippen LogP) is 2.38. The van der Waals surface area contributed by atoms with Crippen molar-refractivity contribution in [2.75, 3.05) is 13.2 Å². The molecule has 4 aliphatic rings. The Hall–Kier alpha value is -1.14. The Balaban J connectivity index is 1.09. The first-order valence-corrected chi connectivity index (χ1v) is 9.53. The molecule has 0 radical (unpaired) electrons. The zero-order chi connectivity index (χ0) is 17.7. The van der Waals surface area contributed by atoms with E-state index in [0.717, 1.165) is 38.5 Å². The van der Waals surface area contributed by atoms with Gasteiger partial charge < -0.3 is 18.9 Å². The van der Waals surface area contributed by atoms with Crippen molar-refractivity contribution in [1.82, 2.24) is 0 Å². The Morgan fingerprint density at radius 3 is 1.72 bits per heavy atom. The summed E-state index contributed by atoms with van der Waals surface area (Å²) in [5.74, 6) is -0.292. The van der Waals surface area contributed by atoms with Gasteiger partial charge in [-0.15, -0.1) is 0 Å². The minimum Gasteiger partial charge on any atom is -0.465 e. The number of ether oxygens (including phenoxy) is 4. The smallest absolute Gasteiger partial charge is 0.317 e. The van der Waals surface area contributed by atoms with E-state index in [-0.39, 0.29) is 17.6 Å². The molecule has 0 N–H and O–H groups in total. The summed E-state index contributed by atoms with van der Waals surface area (Å²) in [7, 11) is 0. The third-order valence-electron chi connectivity index (χ3n) is 6.51. The summed E-state index contributed by atoms with van der Waals surface area (Å²) in [4.78, 5) is 23.7. The molecular formula is C19H28O6. The van der Waals surface area contributed by atoms with Gasteiger partial charge in [0.05, 0.1) is 36.6 Å². The van der Waals surface area contributed by atoms with E-state index in [1.807, 2.05) is 0 Å². The van der Waals surface area contributed by atoms with Gasteiger partial charge in [-0.25, -0.2) is 0 Å². The molecule has 5 unspecified atom stereocenters. The maximum absolute atomic E-state index is 11.8. The summed E-state index contributed by atoms with van der Waals surface area (Å²) in [5, 5.41) is 0. The lowest BCUT2D eigenvalue weighted by atomic mass is 9.83. The summed E-state index contributed by atoms with van der Waals surface area (Å²) in [6, 6.07) is 0. The number of rotatable bonds is 6. The monoisotopic (exact) mass is 352 g/mol. The SMILES string of the molecule is CC12CCC(COC(=O)CC(=O)OC[C@H]3CCC4(C)OC4C3)CC1O2. The second-order valence-corrected chi connectivity index (χ2v) is 8.66. The maximum Gasteiger partial charge on any atom is 0.317 e. The zero-order valence-corrected chi connectivity index (χ0v) is 15.1. The highest BCUT2D eigenvalue weighted by atomic mass is 16.6. The molecule has 2 saturated carbocycles. The fourth-order valence-electron chi connectivity index (χ4n) is 4.38. The molecule has 0 bridgehead atoms. The van der Waals surface area contributed by atoms with Crippen LogP contribution in [0.15, 0.2) is 0 Å². The van der Waals surface area contributed by atoms with Gasteiger partial charge in [-0.05, 0) is 64.2 Å². The molecule has 0 spiro atoms. The Bertz CT molecular complexity index is 514. The highest BCUT2D eigenvalue weighted by Crippen LogP contribution is 2.50. The minimum atomic E-state index is -0.489. The van der Waals surface area contributed by atoms with Crippen LogP contribution in [0.4, 0.5) is 0 Å². The number of hydrogen-bond donors (Lipinski definition) is 0. The molecule has 6 heteroatoms. The fourth-order valence-corrected chi connectivity index (χ4v) is 4.38. The number of carbonyl (C=O) groups is 2. The molecule has 140 valence electrons. The van der Waals surface area contributed by atoms with Gasteiger partial charge in [0.15, 0.2) is 0 Å². The Labute approximate surface area is 148 Å². The molecule has 2 aliphatic carbocycles.